The predicted molar refractivity (Wildman–Crippen MR) is 56.2 cm³/mol. The Bertz CT molecular complexity index is 359. The molecular formula is C12H14F3N. The van der Waals surface area contributed by atoms with Gasteiger partial charge in [-0.3, -0.25) is 0 Å². The molecule has 1 aromatic carbocycles. The van der Waals surface area contributed by atoms with E-state index >= 15 is 0 Å². The molecule has 1 nitrogen and oxygen atoms in total. The van der Waals surface area contributed by atoms with Crippen molar-refractivity contribution in [1.82, 2.24) is 5.32 Å². The Hall–Kier alpha value is -1.03. The highest BCUT2D eigenvalue weighted by Crippen LogP contribution is 2.29. The second-order valence-corrected chi connectivity index (χ2v) is 4.12. The summed E-state index contributed by atoms with van der Waals surface area (Å²) in [4.78, 5) is 0. The van der Waals surface area contributed by atoms with Gasteiger partial charge in [-0.1, -0.05) is 6.07 Å². The van der Waals surface area contributed by atoms with Crippen molar-refractivity contribution in [3.05, 3.63) is 35.1 Å². The number of benzene rings is 1. The first-order valence-electron chi connectivity index (χ1n) is 5.46. The third-order valence-electron chi connectivity index (χ3n) is 3.01. The van der Waals surface area contributed by atoms with Crippen molar-refractivity contribution in [2.45, 2.75) is 25.2 Å². The molecule has 0 bridgehead atoms. The van der Waals surface area contributed by atoms with Crippen molar-refractivity contribution in [2.75, 3.05) is 13.1 Å². The fourth-order valence-electron chi connectivity index (χ4n) is 2.13. The smallest absolute Gasteiger partial charge is 0.263 e. The van der Waals surface area contributed by atoms with Crippen LogP contribution in [0, 0.1) is 5.82 Å². The van der Waals surface area contributed by atoms with Gasteiger partial charge in [-0.05, 0) is 43.0 Å². The van der Waals surface area contributed by atoms with Gasteiger partial charge in [0.2, 0.25) is 0 Å². The summed E-state index contributed by atoms with van der Waals surface area (Å²) in [5.41, 5.74) is 0.326. The second-order valence-electron chi connectivity index (χ2n) is 4.12. The second kappa shape index (κ2) is 4.87. The van der Waals surface area contributed by atoms with Crippen LogP contribution < -0.4 is 5.32 Å². The molecule has 1 saturated heterocycles. The fraction of sp³-hybridized carbons (Fsp3) is 0.500. The van der Waals surface area contributed by atoms with Gasteiger partial charge in [0, 0.05) is 12.1 Å². The predicted octanol–water partition coefficient (Wildman–Crippen LogP) is 3.23. The Labute approximate surface area is 92.7 Å². The van der Waals surface area contributed by atoms with E-state index < -0.39 is 6.43 Å². The van der Waals surface area contributed by atoms with Gasteiger partial charge in [0.1, 0.15) is 5.82 Å². The lowest BCUT2D eigenvalue weighted by molar-refractivity contribution is 0.151. The quantitative estimate of drug-likeness (QED) is 0.821. The number of nitrogens with one attached hydrogen (secondary N) is 1. The third kappa shape index (κ3) is 2.38. The van der Waals surface area contributed by atoms with Crippen LogP contribution in [0.2, 0.25) is 0 Å². The molecule has 1 aromatic rings. The molecule has 1 N–H and O–H groups in total. The van der Waals surface area contributed by atoms with Gasteiger partial charge in [0.15, 0.2) is 0 Å². The van der Waals surface area contributed by atoms with Crippen molar-refractivity contribution in [3.63, 3.8) is 0 Å². The summed E-state index contributed by atoms with van der Waals surface area (Å²) in [7, 11) is 0. The first kappa shape index (κ1) is 11.5. The minimum atomic E-state index is -2.53. The molecule has 0 saturated carbocycles. The maximum Gasteiger partial charge on any atom is 0.263 e. The van der Waals surface area contributed by atoms with Crippen molar-refractivity contribution >= 4 is 0 Å². The van der Waals surface area contributed by atoms with Gasteiger partial charge in [-0.15, -0.1) is 0 Å². The highest BCUT2D eigenvalue weighted by Gasteiger charge is 2.20. The first-order valence-corrected chi connectivity index (χ1v) is 5.46. The van der Waals surface area contributed by atoms with Crippen LogP contribution in [0.1, 0.15) is 36.3 Å². The van der Waals surface area contributed by atoms with Crippen LogP contribution in [0.25, 0.3) is 0 Å². The summed E-state index contributed by atoms with van der Waals surface area (Å²) in [6.07, 6.45) is -0.713. The number of rotatable bonds is 2. The van der Waals surface area contributed by atoms with Crippen LogP contribution in [-0.4, -0.2) is 13.1 Å². The molecule has 0 spiro atoms. The standard InChI is InChI=1S/C12H14F3N/c13-11-4-3-8(12(14)15)6-10(11)9-2-1-5-16-7-9/h3-4,6,9,12,16H,1-2,5,7H2. The SMILES string of the molecule is Fc1ccc(C(F)F)cc1C1CCCNC1. The highest BCUT2D eigenvalue weighted by molar-refractivity contribution is 5.29. The van der Waals surface area contributed by atoms with Gasteiger partial charge in [0.05, 0.1) is 0 Å². The number of halogens is 3. The molecule has 0 radical (unpaired) electrons. The van der Waals surface area contributed by atoms with E-state index in [2.05, 4.69) is 5.32 Å². The van der Waals surface area contributed by atoms with Gasteiger partial charge in [-0.2, -0.15) is 0 Å². The monoisotopic (exact) mass is 229 g/mol. The number of hydrogen-bond acceptors (Lipinski definition) is 1. The van der Waals surface area contributed by atoms with E-state index in [0.717, 1.165) is 31.5 Å². The van der Waals surface area contributed by atoms with E-state index in [-0.39, 0.29) is 17.3 Å². The van der Waals surface area contributed by atoms with Crippen LogP contribution >= 0.6 is 0 Å². The minimum Gasteiger partial charge on any atom is -0.316 e. The molecule has 1 fully saturated rings. The van der Waals surface area contributed by atoms with Crippen molar-refractivity contribution in [2.24, 2.45) is 0 Å². The maximum atomic E-state index is 13.5. The minimum absolute atomic E-state index is 0.0208. The zero-order chi connectivity index (χ0) is 11.5. The largest absolute Gasteiger partial charge is 0.316 e. The molecule has 1 aliphatic heterocycles. The van der Waals surface area contributed by atoms with E-state index in [1.807, 2.05) is 0 Å². The van der Waals surface area contributed by atoms with E-state index in [4.69, 9.17) is 0 Å². The summed E-state index contributed by atoms with van der Waals surface area (Å²) in [5.74, 6) is -0.356. The highest BCUT2D eigenvalue weighted by atomic mass is 19.3. The topological polar surface area (TPSA) is 12.0 Å². The summed E-state index contributed by atoms with van der Waals surface area (Å²) >= 11 is 0. The van der Waals surface area contributed by atoms with E-state index in [1.165, 1.54) is 6.07 Å². The Morgan fingerprint density at radius 3 is 2.75 bits per heavy atom. The lowest BCUT2D eigenvalue weighted by Crippen LogP contribution is -2.28. The average Bonchev–Trinajstić information content (AvgIpc) is 2.30. The molecule has 1 unspecified atom stereocenters. The summed E-state index contributed by atoms with van der Waals surface area (Å²) in [6.45, 7) is 1.59. The molecule has 1 heterocycles. The molecule has 2 rings (SSSR count). The average molecular weight is 229 g/mol. The zero-order valence-electron chi connectivity index (χ0n) is 8.85. The number of alkyl halides is 2. The van der Waals surface area contributed by atoms with Crippen LogP contribution in [0.4, 0.5) is 13.2 Å². The fourth-order valence-corrected chi connectivity index (χ4v) is 2.13. The summed E-state index contributed by atoms with van der Waals surface area (Å²) < 4.78 is 38.6. The van der Waals surface area contributed by atoms with Crippen LogP contribution in [-0.2, 0) is 0 Å². The van der Waals surface area contributed by atoms with Crippen molar-refractivity contribution in [3.8, 4) is 0 Å². The van der Waals surface area contributed by atoms with E-state index in [0.29, 0.717) is 12.1 Å². The molecule has 1 aliphatic rings. The zero-order valence-corrected chi connectivity index (χ0v) is 8.85. The molecular weight excluding hydrogens is 215 g/mol. The van der Waals surface area contributed by atoms with Gasteiger partial charge >= 0.3 is 0 Å². The van der Waals surface area contributed by atoms with Crippen LogP contribution in [0.3, 0.4) is 0 Å². The molecule has 0 amide bonds. The normalized spacial score (nSPS) is 21.4. The lowest BCUT2D eigenvalue weighted by atomic mass is 9.90. The van der Waals surface area contributed by atoms with E-state index in [9.17, 15) is 13.2 Å². The Morgan fingerprint density at radius 1 is 1.31 bits per heavy atom. The Morgan fingerprint density at radius 2 is 2.12 bits per heavy atom. The molecule has 0 aromatic heterocycles. The summed E-state index contributed by atoms with van der Waals surface area (Å²) in [5, 5.41) is 3.16. The molecule has 16 heavy (non-hydrogen) atoms. The first-order chi connectivity index (χ1) is 7.68. The van der Waals surface area contributed by atoms with E-state index in [1.54, 1.807) is 0 Å². The lowest BCUT2D eigenvalue weighted by Gasteiger charge is -2.23. The van der Waals surface area contributed by atoms with Crippen LogP contribution in [0.5, 0.6) is 0 Å². The van der Waals surface area contributed by atoms with Gasteiger partial charge in [0.25, 0.3) is 6.43 Å². The summed E-state index contributed by atoms with van der Waals surface area (Å²) in [6, 6.07) is 3.60. The van der Waals surface area contributed by atoms with Crippen molar-refractivity contribution < 1.29 is 13.2 Å². The van der Waals surface area contributed by atoms with Crippen LogP contribution in [0.15, 0.2) is 18.2 Å². The van der Waals surface area contributed by atoms with Crippen molar-refractivity contribution in [1.29, 1.82) is 0 Å². The molecule has 4 heteroatoms. The number of piperidine rings is 1. The Balaban J connectivity index is 2.27. The third-order valence-corrected chi connectivity index (χ3v) is 3.01. The molecule has 1 atom stereocenters. The van der Waals surface area contributed by atoms with Gasteiger partial charge in [-0.25, -0.2) is 13.2 Å². The maximum absolute atomic E-state index is 13.5. The molecule has 88 valence electrons. The molecule has 0 aliphatic carbocycles. The van der Waals surface area contributed by atoms with Gasteiger partial charge < -0.3 is 5.32 Å². The number of hydrogen-bond donors (Lipinski definition) is 1. The Kier molecular flexibility index (Phi) is 3.49.